The number of carbonyl (C=O) groups is 2. The van der Waals surface area contributed by atoms with Gasteiger partial charge < -0.3 is 22.1 Å². The number of aromatic nitrogens is 3. The molecule has 1 fully saturated rings. The molecule has 2 aromatic heterocycles. The number of rotatable bonds is 8. The largest absolute Gasteiger partial charge is 0.368 e. The molecule has 1 atom stereocenters. The number of primary amides is 2. The second kappa shape index (κ2) is 7.70. The van der Waals surface area contributed by atoms with Crippen LogP contribution in [0.4, 0.5) is 17.5 Å². The Morgan fingerprint density at radius 3 is 2.72 bits per heavy atom. The van der Waals surface area contributed by atoms with Gasteiger partial charge in [0, 0.05) is 23.5 Å². The van der Waals surface area contributed by atoms with Gasteiger partial charge in [-0.15, -0.1) is 0 Å². The van der Waals surface area contributed by atoms with Crippen molar-refractivity contribution in [2.24, 2.45) is 17.4 Å². The summed E-state index contributed by atoms with van der Waals surface area (Å²) in [6.07, 6.45) is 5.88. The lowest BCUT2D eigenvalue weighted by Gasteiger charge is -2.16. The zero-order valence-electron chi connectivity index (χ0n) is 15.6. The lowest BCUT2D eigenvalue weighted by molar-refractivity contribution is -0.119. The molecule has 0 bridgehead atoms. The molecule has 2 amide bonds. The van der Waals surface area contributed by atoms with Crippen molar-refractivity contribution in [3.8, 4) is 0 Å². The standard InChI is InChI=1S/C20H21N7O2/c21-17(28)14-10-24-20(26-16(18(22)29)8-11-3-4-11)27-19(14)25-13-5-6-15-12(9-13)2-1-7-23-15/h1-2,5-7,9-11,16H,3-4,8H2,(H2,21,28)(H2,22,29)(H2,24,25,26,27)/t16-/m1/s1. The fraction of sp³-hybridized carbons (Fsp3) is 0.250. The molecule has 4 rings (SSSR count). The summed E-state index contributed by atoms with van der Waals surface area (Å²) >= 11 is 0. The van der Waals surface area contributed by atoms with E-state index in [1.165, 1.54) is 6.20 Å². The van der Waals surface area contributed by atoms with Gasteiger partial charge in [-0.1, -0.05) is 18.9 Å². The molecular formula is C20H21N7O2. The molecule has 1 aliphatic carbocycles. The van der Waals surface area contributed by atoms with Crippen molar-refractivity contribution >= 4 is 40.2 Å². The van der Waals surface area contributed by atoms with Crippen LogP contribution in [0.5, 0.6) is 0 Å². The number of nitrogens with two attached hydrogens (primary N) is 2. The number of anilines is 3. The van der Waals surface area contributed by atoms with E-state index in [9.17, 15) is 9.59 Å². The first-order valence-corrected chi connectivity index (χ1v) is 9.34. The van der Waals surface area contributed by atoms with Crippen LogP contribution < -0.4 is 22.1 Å². The molecule has 148 valence electrons. The highest BCUT2D eigenvalue weighted by atomic mass is 16.1. The minimum Gasteiger partial charge on any atom is -0.368 e. The fourth-order valence-electron chi connectivity index (χ4n) is 3.11. The van der Waals surface area contributed by atoms with Crippen LogP contribution in [0.2, 0.25) is 0 Å². The Morgan fingerprint density at radius 2 is 2.00 bits per heavy atom. The van der Waals surface area contributed by atoms with Crippen molar-refractivity contribution in [3.05, 3.63) is 48.3 Å². The summed E-state index contributed by atoms with van der Waals surface area (Å²) in [5, 5.41) is 7.01. The maximum absolute atomic E-state index is 11.8. The van der Waals surface area contributed by atoms with Crippen LogP contribution in [-0.4, -0.2) is 32.8 Å². The van der Waals surface area contributed by atoms with Gasteiger partial charge in [-0.05, 0) is 36.6 Å². The number of benzene rings is 1. The Hall–Kier alpha value is -3.75. The van der Waals surface area contributed by atoms with Crippen LogP contribution in [0.3, 0.4) is 0 Å². The number of fused-ring (bicyclic) bond motifs is 1. The number of hydrogen-bond acceptors (Lipinski definition) is 7. The highest BCUT2D eigenvalue weighted by Crippen LogP contribution is 2.34. The maximum atomic E-state index is 11.8. The number of hydrogen-bond donors (Lipinski definition) is 4. The molecule has 1 saturated carbocycles. The second-order valence-corrected chi connectivity index (χ2v) is 7.13. The summed E-state index contributed by atoms with van der Waals surface area (Å²) in [5.74, 6) is -0.187. The summed E-state index contributed by atoms with van der Waals surface area (Å²) < 4.78 is 0. The van der Waals surface area contributed by atoms with Crippen LogP contribution >= 0.6 is 0 Å². The molecule has 9 heteroatoms. The highest BCUT2D eigenvalue weighted by Gasteiger charge is 2.29. The molecule has 6 N–H and O–H groups in total. The first-order valence-electron chi connectivity index (χ1n) is 9.34. The van der Waals surface area contributed by atoms with Crippen molar-refractivity contribution in [2.45, 2.75) is 25.3 Å². The van der Waals surface area contributed by atoms with E-state index < -0.39 is 17.9 Å². The number of pyridine rings is 1. The summed E-state index contributed by atoms with van der Waals surface area (Å²) in [7, 11) is 0. The topological polar surface area (TPSA) is 149 Å². The van der Waals surface area contributed by atoms with Crippen molar-refractivity contribution in [3.63, 3.8) is 0 Å². The summed E-state index contributed by atoms with van der Waals surface area (Å²) in [6, 6.07) is 8.79. The van der Waals surface area contributed by atoms with Crippen LogP contribution in [0.25, 0.3) is 10.9 Å². The Labute approximate surface area is 166 Å². The molecule has 1 aromatic carbocycles. The predicted octanol–water partition coefficient (Wildman–Crippen LogP) is 1.93. The normalized spacial score (nSPS) is 14.3. The van der Waals surface area contributed by atoms with E-state index in [1.54, 1.807) is 6.20 Å². The van der Waals surface area contributed by atoms with Crippen molar-refractivity contribution in [1.29, 1.82) is 0 Å². The van der Waals surface area contributed by atoms with Gasteiger partial charge in [0.2, 0.25) is 11.9 Å². The van der Waals surface area contributed by atoms with E-state index in [4.69, 9.17) is 11.5 Å². The third-order valence-electron chi connectivity index (χ3n) is 4.83. The predicted molar refractivity (Wildman–Crippen MR) is 110 cm³/mol. The van der Waals surface area contributed by atoms with Crippen molar-refractivity contribution in [2.75, 3.05) is 10.6 Å². The molecule has 9 nitrogen and oxygen atoms in total. The number of amides is 2. The van der Waals surface area contributed by atoms with Crippen LogP contribution in [-0.2, 0) is 4.79 Å². The minimum absolute atomic E-state index is 0.139. The molecule has 0 aliphatic heterocycles. The molecular weight excluding hydrogens is 370 g/mol. The molecule has 2 heterocycles. The number of nitrogens with one attached hydrogen (secondary N) is 2. The van der Waals surface area contributed by atoms with Gasteiger partial charge in [0.05, 0.1) is 5.52 Å². The van der Waals surface area contributed by atoms with E-state index in [0.29, 0.717) is 18.0 Å². The summed E-state index contributed by atoms with van der Waals surface area (Å²) in [4.78, 5) is 36.3. The highest BCUT2D eigenvalue weighted by molar-refractivity contribution is 5.98. The lowest BCUT2D eigenvalue weighted by atomic mass is 10.1. The van der Waals surface area contributed by atoms with E-state index in [1.807, 2.05) is 30.3 Å². The van der Waals surface area contributed by atoms with Gasteiger partial charge >= 0.3 is 0 Å². The smallest absolute Gasteiger partial charge is 0.254 e. The van der Waals surface area contributed by atoms with Gasteiger partial charge in [-0.3, -0.25) is 14.6 Å². The minimum atomic E-state index is -0.661. The molecule has 3 aromatic rings. The van der Waals surface area contributed by atoms with E-state index in [-0.39, 0.29) is 17.3 Å². The molecule has 1 aliphatic rings. The van der Waals surface area contributed by atoms with Crippen LogP contribution in [0.1, 0.15) is 29.6 Å². The average molecular weight is 391 g/mol. The Balaban J connectivity index is 1.61. The van der Waals surface area contributed by atoms with Crippen LogP contribution in [0, 0.1) is 5.92 Å². The van der Waals surface area contributed by atoms with Gasteiger partial charge in [0.25, 0.3) is 5.91 Å². The lowest BCUT2D eigenvalue weighted by Crippen LogP contribution is -2.36. The third-order valence-corrected chi connectivity index (χ3v) is 4.83. The number of carbonyl (C=O) groups excluding carboxylic acids is 2. The van der Waals surface area contributed by atoms with Gasteiger partial charge in [0.1, 0.15) is 17.4 Å². The number of nitrogens with zero attached hydrogens (tertiary/aromatic N) is 3. The maximum Gasteiger partial charge on any atom is 0.254 e. The molecule has 0 saturated heterocycles. The Morgan fingerprint density at radius 1 is 1.17 bits per heavy atom. The second-order valence-electron chi connectivity index (χ2n) is 7.13. The zero-order valence-corrected chi connectivity index (χ0v) is 15.6. The van der Waals surface area contributed by atoms with Gasteiger partial charge in [-0.25, -0.2) is 4.98 Å². The quantitative estimate of drug-likeness (QED) is 0.458. The summed E-state index contributed by atoms with van der Waals surface area (Å²) in [6.45, 7) is 0. The van der Waals surface area contributed by atoms with Gasteiger partial charge in [-0.2, -0.15) is 4.98 Å². The van der Waals surface area contributed by atoms with E-state index in [2.05, 4.69) is 25.6 Å². The first-order chi connectivity index (χ1) is 14.0. The SMILES string of the molecule is NC(=O)c1cnc(N[C@H](CC2CC2)C(N)=O)nc1Nc1ccc2ncccc2c1. The molecule has 0 radical (unpaired) electrons. The third kappa shape index (κ3) is 4.40. The van der Waals surface area contributed by atoms with Crippen LogP contribution in [0.15, 0.2) is 42.7 Å². The van der Waals surface area contributed by atoms with Crippen molar-refractivity contribution < 1.29 is 9.59 Å². The van der Waals surface area contributed by atoms with Crippen molar-refractivity contribution in [1.82, 2.24) is 15.0 Å². The monoisotopic (exact) mass is 391 g/mol. The molecule has 29 heavy (non-hydrogen) atoms. The first kappa shape index (κ1) is 18.6. The fourth-order valence-corrected chi connectivity index (χ4v) is 3.11. The zero-order chi connectivity index (χ0) is 20.4. The Kier molecular flexibility index (Phi) is 4.94. The van der Waals surface area contributed by atoms with E-state index in [0.717, 1.165) is 23.7 Å². The van der Waals surface area contributed by atoms with E-state index >= 15 is 0 Å². The summed E-state index contributed by atoms with van der Waals surface area (Å²) in [5.41, 5.74) is 12.7. The Bertz CT molecular complexity index is 1080. The molecule has 0 unspecified atom stereocenters. The molecule has 0 spiro atoms. The van der Waals surface area contributed by atoms with Gasteiger partial charge in [0.15, 0.2) is 0 Å². The average Bonchev–Trinajstić information content (AvgIpc) is 3.51.